The van der Waals surface area contributed by atoms with Gasteiger partial charge in [-0.3, -0.25) is 9.69 Å². The van der Waals surface area contributed by atoms with E-state index < -0.39 is 0 Å². The smallest absolute Gasteiger partial charge is 0.223 e. The molecule has 0 N–H and O–H groups in total. The van der Waals surface area contributed by atoms with Crippen LogP contribution < -0.4 is 0 Å². The van der Waals surface area contributed by atoms with Crippen molar-refractivity contribution >= 4 is 29.1 Å². The molecule has 0 spiro atoms. The minimum atomic E-state index is 0.0747. The second-order valence-electron chi connectivity index (χ2n) is 10.3. The maximum atomic E-state index is 13.4. The van der Waals surface area contributed by atoms with Crippen molar-refractivity contribution in [3.63, 3.8) is 0 Å². The molecule has 0 radical (unpaired) electrons. The van der Waals surface area contributed by atoms with Gasteiger partial charge < -0.3 is 9.80 Å². The Kier molecular flexibility index (Phi) is 8.46. The summed E-state index contributed by atoms with van der Waals surface area (Å²) in [6.07, 6.45) is 2.79. The van der Waals surface area contributed by atoms with E-state index in [1.54, 1.807) is 0 Å². The average Bonchev–Trinajstić information content (AvgIpc) is 2.83. The number of likely N-dealkylation sites (tertiary alicyclic amines) is 1. The van der Waals surface area contributed by atoms with E-state index in [1.807, 2.05) is 24.3 Å². The van der Waals surface area contributed by atoms with Crippen LogP contribution in [0.2, 0.25) is 10.0 Å². The fourth-order valence-electron chi connectivity index (χ4n) is 5.61. The first-order chi connectivity index (χ1) is 16.7. The lowest BCUT2D eigenvalue weighted by molar-refractivity contribution is -0.139. The van der Waals surface area contributed by atoms with Crippen molar-refractivity contribution in [2.75, 3.05) is 26.2 Å². The zero-order chi connectivity index (χ0) is 25.1. The molecule has 0 saturated carbocycles. The van der Waals surface area contributed by atoms with Gasteiger partial charge in [0, 0.05) is 60.4 Å². The van der Waals surface area contributed by atoms with E-state index in [0.717, 1.165) is 54.8 Å². The second-order valence-corrected chi connectivity index (χ2v) is 11.2. The summed E-state index contributed by atoms with van der Waals surface area (Å²) in [5.74, 6) is 0.766. The van der Waals surface area contributed by atoms with Crippen molar-refractivity contribution in [2.45, 2.75) is 58.2 Å². The number of piperidine rings is 1. The highest BCUT2D eigenvalue weighted by Gasteiger charge is 2.37. The molecule has 0 unspecified atom stereocenters. The number of allylic oxidation sites excluding steroid dienone is 1. The Bertz CT molecular complexity index is 970. The number of hydrogen-bond donors (Lipinski definition) is 0. The molecule has 2 heterocycles. The minimum absolute atomic E-state index is 0.0747. The van der Waals surface area contributed by atoms with Crippen molar-refractivity contribution in [3.05, 3.63) is 82.0 Å². The molecule has 188 valence electrons. The van der Waals surface area contributed by atoms with Crippen molar-refractivity contribution in [3.8, 4) is 0 Å². The summed E-state index contributed by atoms with van der Waals surface area (Å²) in [6.45, 7) is 14.1. The Morgan fingerprint density at radius 2 is 1.43 bits per heavy atom. The Balaban J connectivity index is 1.47. The first-order valence-electron chi connectivity index (χ1n) is 12.7. The minimum Gasteiger partial charge on any atom is -0.376 e. The lowest BCUT2D eigenvalue weighted by Gasteiger charge is -2.48. The predicted octanol–water partition coefficient (Wildman–Crippen LogP) is 6.64. The number of piperazine rings is 1. The number of benzene rings is 2. The maximum absolute atomic E-state index is 13.4. The van der Waals surface area contributed by atoms with Gasteiger partial charge in [-0.1, -0.05) is 54.0 Å². The molecule has 2 fully saturated rings. The zero-order valence-corrected chi connectivity index (χ0v) is 22.6. The van der Waals surface area contributed by atoms with Gasteiger partial charge in [0.25, 0.3) is 0 Å². The molecule has 2 saturated heterocycles. The second kappa shape index (κ2) is 11.4. The highest BCUT2D eigenvalue weighted by molar-refractivity contribution is 6.30. The average molecular weight is 515 g/mol. The van der Waals surface area contributed by atoms with E-state index in [0.29, 0.717) is 18.2 Å². The van der Waals surface area contributed by atoms with Crippen LogP contribution in [0.25, 0.3) is 0 Å². The number of rotatable bonds is 6. The van der Waals surface area contributed by atoms with Gasteiger partial charge in [-0.05, 0) is 74.9 Å². The number of hydrogen-bond acceptors (Lipinski definition) is 3. The molecular weight excluding hydrogens is 477 g/mol. The third-order valence-electron chi connectivity index (χ3n) is 7.68. The monoisotopic (exact) mass is 513 g/mol. The third kappa shape index (κ3) is 6.22. The number of amides is 1. The molecule has 2 atom stereocenters. The van der Waals surface area contributed by atoms with E-state index in [-0.39, 0.29) is 18.1 Å². The molecular formula is C29H37Cl2N3O. The highest BCUT2D eigenvalue weighted by Crippen LogP contribution is 2.35. The maximum Gasteiger partial charge on any atom is 0.223 e. The first-order valence-corrected chi connectivity index (χ1v) is 13.4. The summed E-state index contributed by atoms with van der Waals surface area (Å²) < 4.78 is 0. The molecule has 2 aromatic rings. The molecule has 2 aliphatic rings. The Hall–Kier alpha value is -2.01. The lowest BCUT2D eigenvalue weighted by Crippen LogP contribution is -2.59. The van der Waals surface area contributed by atoms with Gasteiger partial charge in [0.2, 0.25) is 5.91 Å². The molecule has 0 aromatic heterocycles. The summed E-state index contributed by atoms with van der Waals surface area (Å²) in [6, 6.07) is 16.7. The fraction of sp³-hybridized carbons (Fsp3) is 0.483. The molecule has 35 heavy (non-hydrogen) atoms. The predicted molar refractivity (Wildman–Crippen MR) is 146 cm³/mol. The third-order valence-corrected chi connectivity index (χ3v) is 8.18. The van der Waals surface area contributed by atoms with Gasteiger partial charge in [0.1, 0.15) is 0 Å². The molecule has 1 amide bonds. The molecule has 4 nitrogen and oxygen atoms in total. The topological polar surface area (TPSA) is 26.8 Å². The van der Waals surface area contributed by atoms with Crippen molar-refractivity contribution in [2.24, 2.45) is 5.92 Å². The van der Waals surface area contributed by atoms with Crippen LogP contribution in [0.4, 0.5) is 0 Å². The highest BCUT2D eigenvalue weighted by atomic mass is 35.5. The first kappa shape index (κ1) is 26.1. The number of carbonyl (C=O) groups excluding carboxylic acids is 1. The molecule has 0 bridgehead atoms. The zero-order valence-electron chi connectivity index (χ0n) is 21.1. The number of nitrogens with zero attached hydrogens (tertiary/aromatic N) is 3. The van der Waals surface area contributed by atoms with Gasteiger partial charge in [-0.2, -0.15) is 0 Å². The standard InChI is InChI=1S/C29H37Cl2N3O/c1-20(2)32-15-13-23(14-16-32)17-28(35)33-18-22(4)34(19-21(33)3)29(24-5-9-26(30)10-6-24)25-7-11-27(31)12-8-25/h5-12,21-23,29H,1,13-19H2,2-4H3/t21-,22+/m0/s1. The summed E-state index contributed by atoms with van der Waals surface area (Å²) in [5.41, 5.74) is 3.52. The summed E-state index contributed by atoms with van der Waals surface area (Å²) in [4.78, 5) is 20.3. The Morgan fingerprint density at radius 1 is 0.914 bits per heavy atom. The van der Waals surface area contributed by atoms with E-state index in [2.05, 4.69) is 66.3 Å². The summed E-state index contributed by atoms with van der Waals surface area (Å²) >= 11 is 12.4. The number of halogens is 2. The van der Waals surface area contributed by atoms with E-state index >= 15 is 0 Å². The van der Waals surface area contributed by atoms with Crippen LogP contribution in [0.15, 0.2) is 60.8 Å². The van der Waals surface area contributed by atoms with Crippen LogP contribution in [0.5, 0.6) is 0 Å². The lowest BCUT2D eigenvalue weighted by atomic mass is 9.91. The van der Waals surface area contributed by atoms with Crippen LogP contribution in [0, 0.1) is 5.92 Å². The van der Waals surface area contributed by atoms with Crippen LogP contribution in [0.3, 0.4) is 0 Å². The quantitative estimate of drug-likeness (QED) is 0.433. The van der Waals surface area contributed by atoms with Gasteiger partial charge in [-0.15, -0.1) is 0 Å². The van der Waals surface area contributed by atoms with Crippen LogP contribution in [-0.4, -0.2) is 58.9 Å². The summed E-state index contributed by atoms with van der Waals surface area (Å²) in [5, 5.41) is 1.46. The van der Waals surface area contributed by atoms with Crippen LogP contribution in [0.1, 0.15) is 57.2 Å². The van der Waals surface area contributed by atoms with Gasteiger partial charge in [0.05, 0.1) is 6.04 Å². The molecule has 2 aliphatic heterocycles. The van der Waals surface area contributed by atoms with Crippen LogP contribution >= 0.6 is 23.2 Å². The van der Waals surface area contributed by atoms with Crippen LogP contribution in [-0.2, 0) is 4.79 Å². The Morgan fingerprint density at radius 3 is 1.91 bits per heavy atom. The van der Waals surface area contributed by atoms with Crippen molar-refractivity contribution in [1.29, 1.82) is 0 Å². The van der Waals surface area contributed by atoms with E-state index in [4.69, 9.17) is 23.2 Å². The molecule has 4 rings (SSSR count). The van der Waals surface area contributed by atoms with Gasteiger partial charge in [-0.25, -0.2) is 0 Å². The normalized spacial score (nSPS) is 22.0. The van der Waals surface area contributed by atoms with E-state index in [9.17, 15) is 4.79 Å². The van der Waals surface area contributed by atoms with Crippen molar-refractivity contribution in [1.82, 2.24) is 14.7 Å². The van der Waals surface area contributed by atoms with Gasteiger partial charge in [0.15, 0.2) is 0 Å². The van der Waals surface area contributed by atoms with Gasteiger partial charge >= 0.3 is 0 Å². The Labute approximate surface area is 220 Å². The molecule has 2 aromatic carbocycles. The van der Waals surface area contributed by atoms with E-state index in [1.165, 1.54) is 11.1 Å². The largest absolute Gasteiger partial charge is 0.376 e. The molecule has 0 aliphatic carbocycles. The fourth-order valence-corrected chi connectivity index (χ4v) is 5.86. The summed E-state index contributed by atoms with van der Waals surface area (Å²) in [7, 11) is 0. The molecule has 6 heteroatoms. The van der Waals surface area contributed by atoms with Crippen molar-refractivity contribution < 1.29 is 4.79 Å². The number of carbonyl (C=O) groups is 1. The SMILES string of the molecule is C=C(C)N1CCC(CC(=O)N2C[C@@H](C)N(C(c3ccc(Cl)cc3)c3ccc(Cl)cc3)C[C@@H]2C)CC1.